The molecule has 198 valence electrons. The van der Waals surface area contributed by atoms with E-state index in [1.165, 1.54) is 6.07 Å². The highest BCUT2D eigenvalue weighted by Crippen LogP contribution is 2.35. The molecule has 0 saturated heterocycles. The molecule has 7 rings (SSSR count). The van der Waals surface area contributed by atoms with E-state index in [1.54, 1.807) is 30.7 Å². The summed E-state index contributed by atoms with van der Waals surface area (Å²) in [5, 5.41) is 12.2. The molecule has 0 unspecified atom stereocenters. The van der Waals surface area contributed by atoms with Gasteiger partial charge in [-0.05, 0) is 41.5 Å². The molecule has 1 amide bonds. The van der Waals surface area contributed by atoms with Crippen LogP contribution >= 0.6 is 0 Å². The number of hydrogen-bond donors (Lipinski definition) is 3. The largest absolute Gasteiger partial charge is 0.353 e. The van der Waals surface area contributed by atoms with E-state index >= 15 is 0 Å². The second-order valence-electron chi connectivity index (χ2n) is 9.80. The molecule has 4 heterocycles. The molecule has 4 aromatic heterocycles. The molecule has 41 heavy (non-hydrogen) atoms. The van der Waals surface area contributed by atoms with Gasteiger partial charge in [-0.15, -0.1) is 0 Å². The molecule has 7 nitrogen and oxygen atoms in total. The zero-order valence-corrected chi connectivity index (χ0v) is 21.7. The minimum Gasteiger partial charge on any atom is -0.353 e. The average Bonchev–Trinajstić information content (AvgIpc) is 3.62. The fraction of sp³-hybridized carbons (Fsp3) is 0.0303. The van der Waals surface area contributed by atoms with Gasteiger partial charge in [-0.25, -0.2) is 9.37 Å². The molecular weight excluding hydrogens is 515 g/mol. The predicted octanol–water partition coefficient (Wildman–Crippen LogP) is 7.16. The molecule has 3 aromatic carbocycles. The topological polar surface area (TPSA) is 99.3 Å². The number of amides is 1. The van der Waals surface area contributed by atoms with Crippen LogP contribution in [0, 0.1) is 5.82 Å². The number of pyridine rings is 2. The van der Waals surface area contributed by atoms with Crippen LogP contribution in [0.15, 0.2) is 110 Å². The zero-order valence-electron chi connectivity index (χ0n) is 21.7. The van der Waals surface area contributed by atoms with Gasteiger partial charge in [-0.2, -0.15) is 5.10 Å². The Hall–Kier alpha value is -5.63. The maximum absolute atomic E-state index is 14.6. The third-order valence-corrected chi connectivity index (χ3v) is 7.07. The molecule has 0 aliphatic carbocycles. The Morgan fingerprint density at radius 1 is 0.805 bits per heavy atom. The molecule has 0 fully saturated rings. The average molecular weight is 539 g/mol. The maximum Gasteiger partial charge on any atom is 0.228 e. The van der Waals surface area contributed by atoms with Crippen LogP contribution in [0.25, 0.3) is 55.6 Å². The van der Waals surface area contributed by atoms with E-state index in [4.69, 9.17) is 0 Å². The zero-order chi connectivity index (χ0) is 27.8. The van der Waals surface area contributed by atoms with Gasteiger partial charge in [0.05, 0.1) is 29.7 Å². The number of carbonyl (C=O) groups is 1. The monoisotopic (exact) mass is 538 g/mol. The minimum atomic E-state index is -0.268. The molecule has 3 N–H and O–H groups in total. The molecule has 7 aromatic rings. The van der Waals surface area contributed by atoms with Crippen molar-refractivity contribution >= 4 is 33.5 Å². The summed E-state index contributed by atoms with van der Waals surface area (Å²) in [6.07, 6.45) is 5.37. The van der Waals surface area contributed by atoms with Crippen LogP contribution in [0.4, 0.5) is 10.1 Å². The van der Waals surface area contributed by atoms with Crippen LogP contribution < -0.4 is 5.32 Å². The van der Waals surface area contributed by atoms with Crippen molar-refractivity contribution in [3.63, 3.8) is 0 Å². The number of carbonyl (C=O) groups excluding carboxylic acids is 1. The van der Waals surface area contributed by atoms with Gasteiger partial charge < -0.3 is 10.3 Å². The number of aromatic amines is 2. The summed E-state index contributed by atoms with van der Waals surface area (Å²) in [4.78, 5) is 24.9. The number of rotatable bonds is 6. The first-order valence-electron chi connectivity index (χ1n) is 13.1. The van der Waals surface area contributed by atoms with Gasteiger partial charge in [0.1, 0.15) is 5.82 Å². The molecule has 0 radical (unpaired) electrons. The van der Waals surface area contributed by atoms with Gasteiger partial charge in [0.2, 0.25) is 5.91 Å². The first kappa shape index (κ1) is 24.4. The molecule has 0 aliphatic heterocycles. The van der Waals surface area contributed by atoms with Crippen molar-refractivity contribution in [1.29, 1.82) is 0 Å². The Balaban J connectivity index is 1.22. The van der Waals surface area contributed by atoms with Gasteiger partial charge >= 0.3 is 0 Å². The summed E-state index contributed by atoms with van der Waals surface area (Å²) in [5.74, 6) is -0.384. The number of benzene rings is 3. The standard InChI is InChI=1S/C33H23FN6O/c34-28-11-5-4-9-25(28)24-10-6-12-29-26(24)16-30(38-29)32-27-15-22(18-36-33(27)40-39-32)21-14-23(19-35-17-21)37-31(41)13-20-7-2-1-3-8-20/h1-12,14-19,38H,13H2,(H,37,41)(H,36,39,40). The van der Waals surface area contributed by atoms with Crippen molar-refractivity contribution < 1.29 is 9.18 Å². The van der Waals surface area contributed by atoms with E-state index < -0.39 is 0 Å². The summed E-state index contributed by atoms with van der Waals surface area (Å²) in [6.45, 7) is 0. The molecule has 0 atom stereocenters. The number of anilines is 1. The highest BCUT2D eigenvalue weighted by atomic mass is 19.1. The third kappa shape index (κ3) is 4.72. The highest BCUT2D eigenvalue weighted by molar-refractivity contribution is 6.01. The van der Waals surface area contributed by atoms with Crippen LogP contribution in [0.3, 0.4) is 0 Å². The third-order valence-electron chi connectivity index (χ3n) is 7.07. The van der Waals surface area contributed by atoms with Crippen molar-refractivity contribution in [2.24, 2.45) is 0 Å². The van der Waals surface area contributed by atoms with E-state index in [9.17, 15) is 9.18 Å². The number of nitrogens with zero attached hydrogens (tertiary/aromatic N) is 3. The Kier molecular flexibility index (Phi) is 6.05. The Labute approximate surface area is 234 Å². The van der Waals surface area contributed by atoms with Crippen LogP contribution in [-0.2, 0) is 11.2 Å². The second kappa shape index (κ2) is 10.2. The highest BCUT2D eigenvalue weighted by Gasteiger charge is 2.16. The number of aromatic nitrogens is 5. The van der Waals surface area contributed by atoms with Crippen LogP contribution in [0.5, 0.6) is 0 Å². The van der Waals surface area contributed by atoms with Crippen molar-refractivity contribution in [3.8, 4) is 33.6 Å². The van der Waals surface area contributed by atoms with Crippen LogP contribution in [-0.4, -0.2) is 31.1 Å². The number of halogens is 1. The lowest BCUT2D eigenvalue weighted by molar-refractivity contribution is -0.115. The van der Waals surface area contributed by atoms with E-state index in [-0.39, 0.29) is 18.1 Å². The normalized spacial score (nSPS) is 11.2. The van der Waals surface area contributed by atoms with Crippen molar-refractivity contribution in [1.82, 2.24) is 25.1 Å². The summed E-state index contributed by atoms with van der Waals surface area (Å²) in [6, 6.07) is 28.0. The minimum absolute atomic E-state index is 0.116. The van der Waals surface area contributed by atoms with E-state index in [0.717, 1.165) is 49.9 Å². The van der Waals surface area contributed by atoms with Crippen LogP contribution in [0.2, 0.25) is 0 Å². The fourth-order valence-electron chi connectivity index (χ4n) is 5.12. The van der Waals surface area contributed by atoms with E-state index in [1.807, 2.05) is 72.8 Å². The Morgan fingerprint density at radius 3 is 2.49 bits per heavy atom. The van der Waals surface area contributed by atoms with Gasteiger partial charge in [0.25, 0.3) is 0 Å². The predicted molar refractivity (Wildman–Crippen MR) is 159 cm³/mol. The number of H-pyrrole nitrogens is 2. The second-order valence-corrected chi connectivity index (χ2v) is 9.80. The smallest absolute Gasteiger partial charge is 0.228 e. The Morgan fingerprint density at radius 2 is 1.61 bits per heavy atom. The summed E-state index contributed by atoms with van der Waals surface area (Å²) in [7, 11) is 0. The summed E-state index contributed by atoms with van der Waals surface area (Å²) in [5.41, 5.74) is 7.57. The van der Waals surface area contributed by atoms with Crippen LogP contribution in [0.1, 0.15) is 5.56 Å². The fourth-order valence-corrected chi connectivity index (χ4v) is 5.12. The lowest BCUT2D eigenvalue weighted by Crippen LogP contribution is -2.14. The maximum atomic E-state index is 14.6. The van der Waals surface area contributed by atoms with Gasteiger partial charge in [0, 0.05) is 45.4 Å². The molecule has 0 spiro atoms. The summed E-state index contributed by atoms with van der Waals surface area (Å²) >= 11 is 0. The van der Waals surface area contributed by atoms with Crippen molar-refractivity contribution in [2.45, 2.75) is 6.42 Å². The molecule has 8 heteroatoms. The molecule has 0 aliphatic rings. The SMILES string of the molecule is O=C(Cc1ccccc1)Nc1cncc(-c2cnc3n[nH]c(-c4cc5c(-c6ccccc6F)cccc5[nH]4)c3c2)c1. The Bertz CT molecular complexity index is 2050. The number of hydrogen-bond acceptors (Lipinski definition) is 4. The first-order chi connectivity index (χ1) is 20.1. The summed E-state index contributed by atoms with van der Waals surface area (Å²) < 4.78 is 14.6. The molecule has 0 bridgehead atoms. The van der Waals surface area contributed by atoms with Gasteiger partial charge in [-0.1, -0.05) is 60.7 Å². The van der Waals surface area contributed by atoms with E-state index in [0.29, 0.717) is 16.9 Å². The number of fused-ring (bicyclic) bond motifs is 2. The van der Waals surface area contributed by atoms with Gasteiger partial charge in [0.15, 0.2) is 5.65 Å². The van der Waals surface area contributed by atoms with Gasteiger partial charge in [-0.3, -0.25) is 14.9 Å². The van der Waals surface area contributed by atoms with Crippen molar-refractivity contribution in [3.05, 3.63) is 121 Å². The number of nitrogens with one attached hydrogen (secondary N) is 3. The van der Waals surface area contributed by atoms with E-state index in [2.05, 4.69) is 30.5 Å². The molecular formula is C33H23FN6O. The first-order valence-corrected chi connectivity index (χ1v) is 13.1. The lowest BCUT2D eigenvalue weighted by atomic mass is 10.0. The molecule has 0 saturated carbocycles. The quantitative estimate of drug-likeness (QED) is 0.209. The lowest BCUT2D eigenvalue weighted by Gasteiger charge is -2.07. The van der Waals surface area contributed by atoms with Crippen molar-refractivity contribution in [2.75, 3.05) is 5.32 Å².